The molecule has 0 spiro atoms. The first-order valence-electron chi connectivity index (χ1n) is 6.52. The maximum atomic E-state index is 12.3. The van der Waals surface area contributed by atoms with E-state index < -0.39 is 29.1 Å². The van der Waals surface area contributed by atoms with Crippen molar-refractivity contribution in [2.45, 2.75) is 12.8 Å². The Morgan fingerprint density at radius 1 is 1.26 bits per heavy atom. The Kier molecular flexibility index (Phi) is 5.12. The normalized spacial score (nSPS) is 16.3. The minimum absolute atomic E-state index is 0.0667. The first-order valence-corrected chi connectivity index (χ1v) is 7.74. The molecule has 1 aromatic carbocycles. The largest absolute Gasteiger partial charge is 0.504 e. The summed E-state index contributed by atoms with van der Waals surface area (Å²) in [7, 11) is 0. The van der Waals surface area contributed by atoms with Crippen molar-refractivity contribution in [1.29, 1.82) is 0 Å². The quantitative estimate of drug-likeness (QED) is 0.359. The van der Waals surface area contributed by atoms with Gasteiger partial charge in [-0.15, -0.1) is 0 Å². The van der Waals surface area contributed by atoms with Crippen LogP contribution in [0.2, 0.25) is 0 Å². The number of benzene rings is 1. The summed E-state index contributed by atoms with van der Waals surface area (Å²) < 4.78 is 0.300. The monoisotopic (exact) mass is 355 g/mol. The zero-order valence-electron chi connectivity index (χ0n) is 11.7. The lowest BCUT2D eigenvalue weighted by Crippen LogP contribution is -2.29. The molecule has 0 radical (unpaired) electrons. The van der Waals surface area contributed by atoms with Crippen molar-refractivity contribution in [1.82, 2.24) is 4.90 Å². The van der Waals surface area contributed by atoms with E-state index in [4.69, 9.17) is 17.3 Å². The van der Waals surface area contributed by atoms with Crippen LogP contribution in [0.25, 0.3) is 6.08 Å². The smallest absolute Gasteiger partial charge is 0.303 e. The highest BCUT2D eigenvalue weighted by Gasteiger charge is 2.32. The molecule has 23 heavy (non-hydrogen) atoms. The highest BCUT2D eigenvalue weighted by atomic mass is 32.2. The molecule has 122 valence electrons. The van der Waals surface area contributed by atoms with E-state index in [1.807, 2.05) is 0 Å². The van der Waals surface area contributed by atoms with E-state index >= 15 is 0 Å². The van der Waals surface area contributed by atoms with Gasteiger partial charge in [0.15, 0.2) is 11.5 Å². The number of thioether (sulfide) groups is 1. The highest BCUT2D eigenvalue weighted by Crippen LogP contribution is 2.40. The van der Waals surface area contributed by atoms with Gasteiger partial charge in [0.25, 0.3) is 5.91 Å². The van der Waals surface area contributed by atoms with Crippen molar-refractivity contribution in [2.75, 3.05) is 6.54 Å². The number of amides is 1. The predicted molar refractivity (Wildman–Crippen MR) is 88.2 cm³/mol. The number of nitrogens with zero attached hydrogens (tertiary/aromatic N) is 1. The molecule has 0 saturated carbocycles. The number of hydrogen-bond acceptors (Lipinski definition) is 7. The first-order chi connectivity index (χ1) is 10.8. The molecular formula is C14H13NO6S2. The number of carbonyl (C=O) groups excluding carboxylic acids is 1. The van der Waals surface area contributed by atoms with E-state index in [-0.39, 0.29) is 29.9 Å². The van der Waals surface area contributed by atoms with Crippen LogP contribution in [0.15, 0.2) is 17.0 Å². The van der Waals surface area contributed by atoms with Gasteiger partial charge in [0, 0.05) is 18.5 Å². The number of aromatic hydroxyl groups is 3. The summed E-state index contributed by atoms with van der Waals surface area (Å²) in [6.45, 7) is 0.196. The second kappa shape index (κ2) is 6.88. The Bertz CT molecular complexity index is 715. The molecule has 4 N–H and O–H groups in total. The lowest BCUT2D eigenvalue weighted by molar-refractivity contribution is -0.137. The van der Waals surface area contributed by atoms with Crippen LogP contribution in [-0.4, -0.2) is 48.1 Å². The number of carbonyl (C=O) groups is 2. The van der Waals surface area contributed by atoms with Crippen LogP contribution in [0.1, 0.15) is 18.4 Å². The van der Waals surface area contributed by atoms with Crippen LogP contribution < -0.4 is 0 Å². The number of thiocarbonyl (C=S) groups is 1. The van der Waals surface area contributed by atoms with Crippen LogP contribution in [0.4, 0.5) is 0 Å². The summed E-state index contributed by atoms with van der Waals surface area (Å²) in [5.41, 5.74) is 0.159. The zero-order chi connectivity index (χ0) is 17.1. The van der Waals surface area contributed by atoms with Crippen molar-refractivity contribution >= 4 is 46.3 Å². The van der Waals surface area contributed by atoms with E-state index in [1.165, 1.54) is 23.1 Å². The third-order valence-corrected chi connectivity index (χ3v) is 4.47. The van der Waals surface area contributed by atoms with Gasteiger partial charge in [-0.05, 0) is 24.6 Å². The number of carboxylic acid groups (broad SMARTS) is 1. The van der Waals surface area contributed by atoms with Crippen LogP contribution in [0.3, 0.4) is 0 Å². The standard InChI is InChI=1S/C14H13NO6S2/c16-8-4-3-7(11(19)12(8)20)6-9-13(21)15(14(22)23-9)5-1-2-10(17)18/h3-4,6,16,19-20H,1-2,5H2,(H,17,18)/b9-6-. The molecule has 0 atom stereocenters. The summed E-state index contributed by atoms with van der Waals surface area (Å²) in [5.74, 6) is -3.02. The fourth-order valence-corrected chi connectivity index (χ4v) is 3.22. The summed E-state index contributed by atoms with van der Waals surface area (Å²) in [5, 5.41) is 37.2. The highest BCUT2D eigenvalue weighted by molar-refractivity contribution is 8.26. The summed E-state index contributed by atoms with van der Waals surface area (Å²) in [6, 6.07) is 2.54. The molecule has 2 rings (SSSR count). The van der Waals surface area contributed by atoms with Gasteiger partial charge in [-0.25, -0.2) is 0 Å². The molecule has 1 amide bonds. The Labute approximate surface area is 140 Å². The minimum Gasteiger partial charge on any atom is -0.504 e. The van der Waals surface area contributed by atoms with Crippen LogP contribution in [0, 0.1) is 0 Å². The third-order valence-electron chi connectivity index (χ3n) is 3.09. The maximum absolute atomic E-state index is 12.3. The van der Waals surface area contributed by atoms with Gasteiger partial charge in [-0.3, -0.25) is 14.5 Å². The van der Waals surface area contributed by atoms with Crippen LogP contribution in [-0.2, 0) is 9.59 Å². The average Bonchev–Trinajstić information content (AvgIpc) is 2.75. The molecule has 1 aromatic rings. The van der Waals surface area contributed by atoms with Crippen molar-refractivity contribution < 1.29 is 30.0 Å². The number of carboxylic acids is 1. The van der Waals surface area contributed by atoms with E-state index in [0.29, 0.717) is 4.32 Å². The predicted octanol–water partition coefficient (Wildman–Crippen LogP) is 1.87. The number of aliphatic carboxylic acids is 1. The molecule has 1 aliphatic rings. The molecule has 1 aliphatic heterocycles. The second-order valence-electron chi connectivity index (χ2n) is 4.70. The number of phenolic OH excluding ortho intramolecular Hbond substituents is 3. The number of phenols is 3. The molecule has 0 unspecified atom stereocenters. The van der Waals surface area contributed by atoms with E-state index in [9.17, 15) is 24.9 Å². The molecule has 0 bridgehead atoms. The van der Waals surface area contributed by atoms with Crippen molar-refractivity contribution in [3.05, 3.63) is 22.6 Å². The summed E-state index contributed by atoms with van der Waals surface area (Å²) >= 11 is 6.12. The Morgan fingerprint density at radius 2 is 1.96 bits per heavy atom. The van der Waals surface area contributed by atoms with E-state index in [0.717, 1.165) is 11.8 Å². The molecule has 1 fully saturated rings. The van der Waals surface area contributed by atoms with Crippen molar-refractivity contribution in [3.8, 4) is 17.2 Å². The third kappa shape index (κ3) is 3.74. The zero-order valence-corrected chi connectivity index (χ0v) is 13.4. The van der Waals surface area contributed by atoms with Crippen LogP contribution >= 0.6 is 24.0 Å². The average molecular weight is 355 g/mol. The van der Waals surface area contributed by atoms with E-state index in [2.05, 4.69) is 0 Å². The SMILES string of the molecule is O=C(O)CCCN1C(=O)/C(=C/c2ccc(O)c(O)c2O)SC1=S. The van der Waals surface area contributed by atoms with Gasteiger partial charge in [0.2, 0.25) is 5.75 Å². The number of rotatable bonds is 5. The maximum Gasteiger partial charge on any atom is 0.303 e. The summed E-state index contributed by atoms with van der Waals surface area (Å²) in [6.07, 6.45) is 1.56. The minimum atomic E-state index is -0.949. The molecule has 0 aliphatic carbocycles. The van der Waals surface area contributed by atoms with Gasteiger partial charge in [-0.2, -0.15) is 0 Å². The second-order valence-corrected chi connectivity index (χ2v) is 6.38. The summed E-state index contributed by atoms with van der Waals surface area (Å²) in [4.78, 5) is 24.3. The Hall–Kier alpha value is -2.26. The van der Waals surface area contributed by atoms with E-state index in [1.54, 1.807) is 0 Å². The molecule has 1 saturated heterocycles. The fraction of sp³-hybridized carbons (Fsp3) is 0.214. The lowest BCUT2D eigenvalue weighted by atomic mass is 10.1. The Morgan fingerprint density at radius 3 is 2.61 bits per heavy atom. The van der Waals surface area contributed by atoms with Gasteiger partial charge in [0.1, 0.15) is 4.32 Å². The van der Waals surface area contributed by atoms with Crippen molar-refractivity contribution in [2.24, 2.45) is 0 Å². The topological polar surface area (TPSA) is 118 Å². The van der Waals surface area contributed by atoms with Gasteiger partial charge in [-0.1, -0.05) is 24.0 Å². The Balaban J connectivity index is 2.19. The van der Waals surface area contributed by atoms with Crippen molar-refractivity contribution in [3.63, 3.8) is 0 Å². The first kappa shape index (κ1) is 17.1. The van der Waals surface area contributed by atoms with Gasteiger partial charge in [0.05, 0.1) is 4.91 Å². The van der Waals surface area contributed by atoms with Crippen LogP contribution in [0.5, 0.6) is 17.2 Å². The lowest BCUT2D eigenvalue weighted by Gasteiger charge is -2.13. The molecule has 9 heteroatoms. The fourth-order valence-electron chi connectivity index (χ4n) is 1.92. The van der Waals surface area contributed by atoms with Gasteiger partial charge >= 0.3 is 5.97 Å². The molecule has 0 aromatic heterocycles. The molecular weight excluding hydrogens is 342 g/mol. The number of hydrogen-bond donors (Lipinski definition) is 4. The van der Waals surface area contributed by atoms with Gasteiger partial charge < -0.3 is 20.4 Å². The molecule has 1 heterocycles. The molecule has 7 nitrogen and oxygen atoms in total.